The number of rotatable bonds is 6. The predicted octanol–water partition coefficient (Wildman–Crippen LogP) is 2.05. The summed E-state index contributed by atoms with van der Waals surface area (Å²) in [4.78, 5) is 18.9. The number of hydrogen-bond acceptors (Lipinski definition) is 8. The van der Waals surface area contributed by atoms with E-state index in [2.05, 4.69) is 66.0 Å². The van der Waals surface area contributed by atoms with Crippen molar-refractivity contribution in [1.82, 2.24) is 29.6 Å². The maximum absolute atomic E-state index is 5.23. The van der Waals surface area contributed by atoms with E-state index in [0.29, 0.717) is 0 Å². The van der Waals surface area contributed by atoms with Gasteiger partial charge in [0, 0.05) is 25.8 Å². The Kier molecular flexibility index (Phi) is 5.03. The van der Waals surface area contributed by atoms with E-state index in [4.69, 9.17) is 9.51 Å². The largest absolute Gasteiger partial charge is 0.363 e. The molecule has 9 heteroatoms. The van der Waals surface area contributed by atoms with E-state index in [9.17, 15) is 0 Å². The van der Waals surface area contributed by atoms with Crippen molar-refractivity contribution in [3.05, 3.63) is 59.1 Å². The van der Waals surface area contributed by atoms with Crippen LogP contribution in [0, 0.1) is 0 Å². The molecule has 2 aliphatic heterocycles. The molecule has 5 heterocycles. The van der Waals surface area contributed by atoms with Crippen LogP contribution in [0.4, 0.5) is 5.95 Å². The summed E-state index contributed by atoms with van der Waals surface area (Å²) in [5.41, 5.74) is 3.85. The van der Waals surface area contributed by atoms with Crippen LogP contribution in [0.15, 0.2) is 52.4 Å². The zero-order chi connectivity index (χ0) is 21.3. The topological polar surface area (TPSA) is 76.1 Å². The molecule has 0 N–H and O–H groups in total. The van der Waals surface area contributed by atoms with Gasteiger partial charge in [-0.05, 0) is 24.5 Å². The van der Waals surface area contributed by atoms with Crippen LogP contribution in [-0.2, 0) is 6.54 Å². The Labute approximate surface area is 189 Å². The Morgan fingerprint density at radius 1 is 1.06 bits per heavy atom. The second-order valence-electron chi connectivity index (χ2n) is 8.05. The van der Waals surface area contributed by atoms with Crippen molar-refractivity contribution in [3.63, 3.8) is 0 Å². The minimum atomic E-state index is 0.745. The standard InChI is InChI=1S/C23H23N7OS/c1-2-6-17(7-3-1)13-30-21-20(27-23(30)29-9-4-5-10-29)22(25-15-24-21)32-16-28-11-8-19-18(14-28)12-26-31-19/h1-3,6-8,12,14-15H,4-5,9-11,13,16H2. The van der Waals surface area contributed by atoms with E-state index in [-0.39, 0.29) is 0 Å². The Morgan fingerprint density at radius 2 is 1.94 bits per heavy atom. The number of nitrogens with zero attached hydrogens (tertiary/aromatic N) is 7. The highest BCUT2D eigenvalue weighted by Gasteiger charge is 2.23. The average Bonchev–Trinajstić information content (AvgIpc) is 3.58. The minimum Gasteiger partial charge on any atom is -0.363 e. The van der Waals surface area contributed by atoms with Crippen molar-refractivity contribution in [1.29, 1.82) is 0 Å². The number of benzene rings is 1. The fraction of sp³-hybridized carbons (Fsp3) is 0.304. The van der Waals surface area contributed by atoms with E-state index in [1.807, 2.05) is 6.07 Å². The Hall–Kier alpha value is -3.33. The smallest absolute Gasteiger partial charge is 0.208 e. The molecule has 6 rings (SSSR count). The van der Waals surface area contributed by atoms with E-state index in [0.717, 1.165) is 64.8 Å². The molecule has 3 aromatic heterocycles. The number of aromatic nitrogens is 5. The molecule has 0 radical (unpaired) electrons. The lowest BCUT2D eigenvalue weighted by molar-refractivity contribution is 0.389. The normalized spacial score (nSPS) is 15.6. The van der Waals surface area contributed by atoms with E-state index in [1.165, 1.54) is 18.4 Å². The third-order valence-corrected chi connectivity index (χ3v) is 6.91. The van der Waals surface area contributed by atoms with Gasteiger partial charge in [-0.2, -0.15) is 0 Å². The first-order valence-corrected chi connectivity index (χ1v) is 11.8. The molecule has 0 saturated carbocycles. The van der Waals surface area contributed by atoms with Crippen LogP contribution < -0.4 is 15.5 Å². The van der Waals surface area contributed by atoms with Gasteiger partial charge in [0.25, 0.3) is 0 Å². The Balaban J connectivity index is 1.33. The second-order valence-corrected chi connectivity index (χ2v) is 8.99. The van der Waals surface area contributed by atoms with Crippen LogP contribution in [0.5, 0.6) is 0 Å². The molecule has 1 saturated heterocycles. The second kappa shape index (κ2) is 8.31. The maximum atomic E-state index is 5.23. The fourth-order valence-electron chi connectivity index (χ4n) is 4.27. The predicted molar refractivity (Wildman–Crippen MR) is 124 cm³/mol. The molecular weight excluding hydrogens is 422 g/mol. The van der Waals surface area contributed by atoms with Gasteiger partial charge in [-0.1, -0.05) is 47.3 Å². The molecule has 1 fully saturated rings. The summed E-state index contributed by atoms with van der Waals surface area (Å²) in [6, 6.07) is 10.5. The van der Waals surface area contributed by atoms with Crippen LogP contribution in [0.1, 0.15) is 18.4 Å². The molecule has 4 aromatic rings. The van der Waals surface area contributed by atoms with E-state index < -0.39 is 0 Å². The molecule has 32 heavy (non-hydrogen) atoms. The molecule has 0 atom stereocenters. The van der Waals surface area contributed by atoms with Crippen molar-refractivity contribution in [3.8, 4) is 0 Å². The molecular formula is C23H23N7OS. The van der Waals surface area contributed by atoms with Crippen molar-refractivity contribution in [2.75, 3.05) is 30.4 Å². The highest BCUT2D eigenvalue weighted by atomic mass is 32.2. The SMILES string of the molecule is C1=c2cnoc2=CCN1CSc1ncnc2c1nc(N1CCCC1)n2Cc1ccccc1. The van der Waals surface area contributed by atoms with Gasteiger partial charge >= 0.3 is 0 Å². The lowest BCUT2D eigenvalue weighted by Gasteiger charge is -2.18. The minimum absolute atomic E-state index is 0.745. The van der Waals surface area contributed by atoms with Gasteiger partial charge in [-0.3, -0.25) is 4.57 Å². The fourth-order valence-corrected chi connectivity index (χ4v) is 5.14. The quantitative estimate of drug-likeness (QED) is 0.330. The Bertz CT molecular complexity index is 1360. The van der Waals surface area contributed by atoms with Crippen LogP contribution in [0.25, 0.3) is 23.4 Å². The van der Waals surface area contributed by atoms with Gasteiger partial charge in [0.2, 0.25) is 5.95 Å². The maximum Gasteiger partial charge on any atom is 0.208 e. The lowest BCUT2D eigenvalue weighted by Crippen LogP contribution is -2.32. The van der Waals surface area contributed by atoms with Gasteiger partial charge in [0.15, 0.2) is 11.1 Å². The highest BCUT2D eigenvalue weighted by molar-refractivity contribution is 7.99. The van der Waals surface area contributed by atoms with E-state index in [1.54, 1.807) is 24.3 Å². The summed E-state index contributed by atoms with van der Waals surface area (Å²) in [6.45, 7) is 3.60. The number of imidazole rings is 1. The summed E-state index contributed by atoms with van der Waals surface area (Å²) < 4.78 is 7.47. The summed E-state index contributed by atoms with van der Waals surface area (Å²) in [5.74, 6) is 1.76. The van der Waals surface area contributed by atoms with Gasteiger partial charge in [-0.15, -0.1) is 0 Å². The first-order chi connectivity index (χ1) is 15.8. The molecule has 2 aliphatic rings. The third kappa shape index (κ3) is 3.62. The van der Waals surface area contributed by atoms with Crippen molar-refractivity contribution in [2.45, 2.75) is 24.4 Å². The monoisotopic (exact) mass is 445 g/mol. The van der Waals surface area contributed by atoms with Crippen molar-refractivity contribution < 1.29 is 4.52 Å². The van der Waals surface area contributed by atoms with Crippen LogP contribution >= 0.6 is 11.8 Å². The molecule has 0 amide bonds. The van der Waals surface area contributed by atoms with Gasteiger partial charge < -0.3 is 14.3 Å². The summed E-state index contributed by atoms with van der Waals surface area (Å²) in [7, 11) is 0. The van der Waals surface area contributed by atoms with E-state index >= 15 is 0 Å². The molecule has 0 aliphatic carbocycles. The molecule has 162 valence electrons. The highest BCUT2D eigenvalue weighted by Crippen LogP contribution is 2.30. The number of hydrogen-bond donors (Lipinski definition) is 0. The molecule has 0 unspecified atom stereocenters. The number of thioether (sulfide) groups is 1. The zero-order valence-corrected chi connectivity index (χ0v) is 18.4. The third-order valence-electron chi connectivity index (χ3n) is 5.88. The average molecular weight is 446 g/mol. The number of anilines is 1. The van der Waals surface area contributed by atoms with Gasteiger partial charge in [0.1, 0.15) is 16.9 Å². The molecule has 0 spiro atoms. The summed E-state index contributed by atoms with van der Waals surface area (Å²) in [6.07, 6.45) is 9.95. The molecule has 1 aromatic carbocycles. The van der Waals surface area contributed by atoms with Crippen molar-refractivity contribution in [2.24, 2.45) is 0 Å². The van der Waals surface area contributed by atoms with Crippen LogP contribution in [-0.4, -0.2) is 55.1 Å². The lowest BCUT2D eigenvalue weighted by atomic mass is 10.2. The van der Waals surface area contributed by atoms with Crippen molar-refractivity contribution >= 4 is 41.2 Å². The first kappa shape index (κ1) is 19.4. The van der Waals surface area contributed by atoms with Gasteiger partial charge in [0.05, 0.1) is 23.8 Å². The summed E-state index contributed by atoms with van der Waals surface area (Å²) in [5, 5.41) is 5.79. The molecule has 8 nitrogen and oxygen atoms in total. The summed E-state index contributed by atoms with van der Waals surface area (Å²) >= 11 is 1.68. The Morgan fingerprint density at radius 3 is 2.81 bits per heavy atom. The van der Waals surface area contributed by atoms with Crippen LogP contribution in [0.3, 0.4) is 0 Å². The molecule has 0 bridgehead atoms. The number of fused-ring (bicyclic) bond motifs is 2. The van der Waals surface area contributed by atoms with Gasteiger partial charge in [-0.25, -0.2) is 15.0 Å². The zero-order valence-electron chi connectivity index (χ0n) is 17.6. The van der Waals surface area contributed by atoms with Crippen LogP contribution in [0.2, 0.25) is 0 Å². The first-order valence-electron chi connectivity index (χ1n) is 10.8.